The van der Waals surface area contributed by atoms with Crippen LogP contribution in [0.5, 0.6) is 0 Å². The molecule has 0 N–H and O–H groups in total. The van der Waals surface area contributed by atoms with E-state index in [0.29, 0.717) is 24.0 Å². The maximum absolute atomic E-state index is 5.98. The molecule has 18 heavy (non-hydrogen) atoms. The predicted octanol–water partition coefficient (Wildman–Crippen LogP) is 2.00. The second kappa shape index (κ2) is 7.80. The van der Waals surface area contributed by atoms with Gasteiger partial charge in [0, 0.05) is 25.2 Å². The van der Waals surface area contributed by atoms with Crippen LogP contribution in [0.15, 0.2) is 0 Å². The summed E-state index contributed by atoms with van der Waals surface area (Å²) in [4.78, 5) is 0.425. The summed E-state index contributed by atoms with van der Waals surface area (Å²) >= 11 is 3.62. The molecular formula is C13H23BrO4. The smallest absolute Gasteiger partial charge is 0.0963 e. The standard InChI is InChI=1S/C13H23BrO4/c1-15-6-7-17-13-11(14)8-12(13)18-9-10-2-4-16-5-3-10/h10-13H,2-9H2,1H3. The van der Waals surface area contributed by atoms with Gasteiger partial charge in [0.1, 0.15) is 0 Å². The van der Waals surface area contributed by atoms with Crippen molar-refractivity contribution in [1.82, 2.24) is 0 Å². The van der Waals surface area contributed by atoms with E-state index in [4.69, 9.17) is 18.9 Å². The van der Waals surface area contributed by atoms with Gasteiger partial charge in [0.25, 0.3) is 0 Å². The highest BCUT2D eigenvalue weighted by atomic mass is 79.9. The molecule has 2 aliphatic rings. The van der Waals surface area contributed by atoms with Gasteiger partial charge in [-0.05, 0) is 25.2 Å². The normalized spacial score (nSPS) is 33.3. The second-order valence-electron chi connectivity index (χ2n) is 5.01. The Balaban J connectivity index is 1.62. The lowest BCUT2D eigenvalue weighted by molar-refractivity contribution is -0.137. The summed E-state index contributed by atoms with van der Waals surface area (Å²) in [7, 11) is 1.69. The summed E-state index contributed by atoms with van der Waals surface area (Å²) in [5.74, 6) is 0.660. The Morgan fingerprint density at radius 1 is 1.17 bits per heavy atom. The van der Waals surface area contributed by atoms with Crippen LogP contribution in [-0.2, 0) is 18.9 Å². The molecule has 0 spiro atoms. The third kappa shape index (κ3) is 4.17. The highest BCUT2D eigenvalue weighted by Gasteiger charge is 2.41. The van der Waals surface area contributed by atoms with E-state index < -0.39 is 0 Å². The minimum absolute atomic E-state index is 0.181. The molecule has 3 atom stereocenters. The molecule has 4 nitrogen and oxygen atoms in total. The van der Waals surface area contributed by atoms with E-state index in [2.05, 4.69) is 15.9 Å². The first-order valence-corrected chi connectivity index (χ1v) is 7.66. The van der Waals surface area contributed by atoms with Crippen molar-refractivity contribution in [3.8, 4) is 0 Å². The zero-order valence-corrected chi connectivity index (χ0v) is 12.6. The fourth-order valence-electron chi connectivity index (χ4n) is 2.34. The van der Waals surface area contributed by atoms with Crippen molar-refractivity contribution in [1.29, 1.82) is 0 Å². The fourth-order valence-corrected chi connectivity index (χ4v) is 3.20. The van der Waals surface area contributed by atoms with Gasteiger partial charge in [-0.15, -0.1) is 0 Å². The third-order valence-electron chi connectivity index (χ3n) is 3.67. The topological polar surface area (TPSA) is 36.9 Å². The average molecular weight is 323 g/mol. The molecular weight excluding hydrogens is 300 g/mol. The van der Waals surface area contributed by atoms with Crippen LogP contribution in [0, 0.1) is 5.92 Å². The summed E-state index contributed by atoms with van der Waals surface area (Å²) < 4.78 is 22.1. The van der Waals surface area contributed by atoms with E-state index in [9.17, 15) is 0 Å². The van der Waals surface area contributed by atoms with Crippen LogP contribution in [0.4, 0.5) is 0 Å². The lowest BCUT2D eigenvalue weighted by atomic mass is 9.91. The van der Waals surface area contributed by atoms with Gasteiger partial charge in [-0.3, -0.25) is 0 Å². The van der Waals surface area contributed by atoms with Crippen molar-refractivity contribution in [3.05, 3.63) is 0 Å². The molecule has 0 aromatic carbocycles. The molecule has 1 saturated heterocycles. The van der Waals surface area contributed by atoms with Crippen LogP contribution < -0.4 is 0 Å². The van der Waals surface area contributed by atoms with Gasteiger partial charge in [-0.2, -0.15) is 0 Å². The molecule has 1 aliphatic heterocycles. The minimum atomic E-state index is 0.181. The molecule has 1 aliphatic carbocycles. The van der Waals surface area contributed by atoms with E-state index in [0.717, 1.165) is 39.1 Å². The second-order valence-corrected chi connectivity index (χ2v) is 6.18. The van der Waals surface area contributed by atoms with Gasteiger partial charge in [0.15, 0.2) is 0 Å². The summed E-state index contributed by atoms with van der Waals surface area (Å²) in [5.41, 5.74) is 0. The van der Waals surface area contributed by atoms with Gasteiger partial charge in [0.05, 0.1) is 32.0 Å². The quantitative estimate of drug-likeness (QED) is 0.530. The lowest BCUT2D eigenvalue weighted by Gasteiger charge is -2.41. The summed E-state index contributed by atoms with van der Waals surface area (Å²) in [6.45, 7) is 3.89. The SMILES string of the molecule is COCCOC1C(Br)CC1OCC1CCOCC1. The first kappa shape index (κ1) is 14.7. The van der Waals surface area contributed by atoms with E-state index in [1.807, 2.05) is 0 Å². The van der Waals surface area contributed by atoms with E-state index >= 15 is 0 Å². The van der Waals surface area contributed by atoms with Crippen LogP contribution >= 0.6 is 15.9 Å². The number of rotatable bonds is 7. The third-order valence-corrected chi connectivity index (χ3v) is 4.56. The van der Waals surface area contributed by atoms with Gasteiger partial charge in [0.2, 0.25) is 0 Å². The first-order chi connectivity index (χ1) is 8.81. The Morgan fingerprint density at radius 3 is 2.61 bits per heavy atom. The van der Waals surface area contributed by atoms with Crippen LogP contribution in [-0.4, -0.2) is 57.2 Å². The maximum Gasteiger partial charge on any atom is 0.0963 e. The van der Waals surface area contributed by atoms with Crippen molar-refractivity contribution in [2.24, 2.45) is 5.92 Å². The first-order valence-electron chi connectivity index (χ1n) is 6.75. The Bertz CT molecular complexity index is 233. The number of hydrogen-bond acceptors (Lipinski definition) is 4. The molecule has 0 aromatic rings. The largest absolute Gasteiger partial charge is 0.382 e. The molecule has 0 amide bonds. The Labute approximate surface area is 117 Å². The zero-order chi connectivity index (χ0) is 12.8. The Morgan fingerprint density at radius 2 is 1.94 bits per heavy atom. The highest BCUT2D eigenvalue weighted by Crippen LogP contribution is 2.34. The van der Waals surface area contributed by atoms with Crippen molar-refractivity contribution >= 4 is 15.9 Å². The zero-order valence-electron chi connectivity index (χ0n) is 11.0. The Kier molecular flexibility index (Phi) is 6.38. The minimum Gasteiger partial charge on any atom is -0.382 e. The molecule has 2 fully saturated rings. The van der Waals surface area contributed by atoms with Crippen LogP contribution in [0.1, 0.15) is 19.3 Å². The fraction of sp³-hybridized carbons (Fsp3) is 1.00. The molecule has 1 heterocycles. The van der Waals surface area contributed by atoms with Gasteiger partial charge in [-0.25, -0.2) is 0 Å². The average Bonchev–Trinajstić information content (AvgIpc) is 2.40. The number of ether oxygens (including phenoxy) is 4. The van der Waals surface area contributed by atoms with Crippen LogP contribution in [0.3, 0.4) is 0 Å². The predicted molar refractivity (Wildman–Crippen MR) is 72.2 cm³/mol. The van der Waals surface area contributed by atoms with Crippen molar-refractivity contribution in [2.75, 3.05) is 40.1 Å². The van der Waals surface area contributed by atoms with Crippen molar-refractivity contribution in [3.63, 3.8) is 0 Å². The number of methoxy groups -OCH3 is 1. The van der Waals surface area contributed by atoms with E-state index in [1.54, 1.807) is 7.11 Å². The number of hydrogen-bond donors (Lipinski definition) is 0. The summed E-state index contributed by atoms with van der Waals surface area (Å²) in [6.07, 6.45) is 3.72. The van der Waals surface area contributed by atoms with Gasteiger partial charge >= 0.3 is 0 Å². The molecule has 0 aromatic heterocycles. The monoisotopic (exact) mass is 322 g/mol. The molecule has 5 heteroatoms. The van der Waals surface area contributed by atoms with E-state index in [-0.39, 0.29) is 12.2 Å². The molecule has 3 unspecified atom stereocenters. The molecule has 0 radical (unpaired) electrons. The van der Waals surface area contributed by atoms with Crippen LogP contribution in [0.25, 0.3) is 0 Å². The molecule has 1 saturated carbocycles. The highest BCUT2D eigenvalue weighted by molar-refractivity contribution is 9.09. The maximum atomic E-state index is 5.98. The van der Waals surface area contributed by atoms with Crippen molar-refractivity contribution in [2.45, 2.75) is 36.3 Å². The Hall–Kier alpha value is 0.320. The number of halogens is 1. The van der Waals surface area contributed by atoms with Crippen LogP contribution in [0.2, 0.25) is 0 Å². The summed E-state index contributed by atoms with van der Waals surface area (Å²) in [5, 5.41) is 0. The molecule has 2 rings (SSSR count). The number of alkyl halides is 1. The summed E-state index contributed by atoms with van der Waals surface area (Å²) in [6, 6.07) is 0. The van der Waals surface area contributed by atoms with Gasteiger partial charge < -0.3 is 18.9 Å². The van der Waals surface area contributed by atoms with Crippen molar-refractivity contribution < 1.29 is 18.9 Å². The lowest BCUT2D eigenvalue weighted by Crippen LogP contribution is -2.51. The van der Waals surface area contributed by atoms with Gasteiger partial charge in [-0.1, -0.05) is 15.9 Å². The molecule has 0 bridgehead atoms. The molecule has 106 valence electrons. The van der Waals surface area contributed by atoms with E-state index in [1.165, 1.54) is 0 Å².